The third-order valence-electron chi connectivity index (χ3n) is 3.38. The fourth-order valence-electron chi connectivity index (χ4n) is 2.42. The van der Waals surface area contributed by atoms with Gasteiger partial charge in [-0.15, -0.1) is 0 Å². The van der Waals surface area contributed by atoms with Gasteiger partial charge in [-0.1, -0.05) is 61.9 Å². The number of aliphatic hydroxyl groups excluding tert-OH is 1. The van der Waals surface area contributed by atoms with Crippen molar-refractivity contribution in [2.24, 2.45) is 0 Å². The summed E-state index contributed by atoms with van der Waals surface area (Å²) in [7, 11) is 1.68. The van der Waals surface area contributed by atoms with Crippen LogP contribution in [0, 0.1) is 0 Å². The zero-order valence-corrected chi connectivity index (χ0v) is 12.2. The molecule has 0 amide bonds. The van der Waals surface area contributed by atoms with Crippen LogP contribution in [0.3, 0.4) is 0 Å². The van der Waals surface area contributed by atoms with Crippen molar-refractivity contribution in [1.29, 1.82) is 0 Å². The molecule has 1 unspecified atom stereocenters. The van der Waals surface area contributed by atoms with E-state index in [1.165, 1.54) is 5.56 Å². The van der Waals surface area contributed by atoms with E-state index >= 15 is 0 Å². The second-order valence-corrected chi connectivity index (χ2v) is 5.08. The number of hydrogen-bond acceptors (Lipinski definition) is 2. The summed E-state index contributed by atoms with van der Waals surface area (Å²) in [6.07, 6.45) is 1.58. The SMILES string of the molecule is CCCc1cccc(C(O)c2cccc(COC)c2)c1. The lowest BCUT2D eigenvalue weighted by molar-refractivity contribution is 0.184. The fraction of sp³-hybridized carbons (Fsp3) is 0.333. The van der Waals surface area contributed by atoms with Crippen LogP contribution in [0.4, 0.5) is 0 Å². The predicted molar refractivity (Wildman–Crippen MR) is 81.7 cm³/mol. The fourth-order valence-corrected chi connectivity index (χ4v) is 2.42. The number of ether oxygens (including phenoxy) is 1. The molecular weight excluding hydrogens is 248 g/mol. The van der Waals surface area contributed by atoms with E-state index in [4.69, 9.17) is 4.74 Å². The Bertz CT molecular complexity index is 499. The van der Waals surface area contributed by atoms with Gasteiger partial charge < -0.3 is 9.84 Å². The molecule has 0 aliphatic heterocycles. The van der Waals surface area contributed by atoms with Crippen LogP contribution in [0.1, 0.15) is 41.7 Å². The van der Waals surface area contributed by atoms with Crippen molar-refractivity contribution >= 4 is 0 Å². The molecule has 0 aromatic heterocycles. The van der Waals surface area contributed by atoms with E-state index in [2.05, 4.69) is 19.1 Å². The molecule has 0 aliphatic rings. The van der Waals surface area contributed by atoms with E-state index in [0.717, 1.165) is 29.5 Å². The lowest BCUT2D eigenvalue weighted by atomic mass is 9.97. The minimum atomic E-state index is -0.580. The standard InChI is InChI=1S/C18H22O2/c1-3-6-14-7-4-9-16(11-14)18(19)17-10-5-8-15(12-17)13-20-2/h4-5,7-12,18-19H,3,6,13H2,1-2H3. The van der Waals surface area contributed by atoms with E-state index < -0.39 is 6.10 Å². The molecule has 0 spiro atoms. The van der Waals surface area contributed by atoms with E-state index in [1.54, 1.807) is 7.11 Å². The Hall–Kier alpha value is -1.64. The van der Waals surface area contributed by atoms with Crippen LogP contribution in [0.25, 0.3) is 0 Å². The minimum Gasteiger partial charge on any atom is -0.384 e. The van der Waals surface area contributed by atoms with Gasteiger partial charge in [0.2, 0.25) is 0 Å². The highest BCUT2D eigenvalue weighted by Gasteiger charge is 2.11. The summed E-state index contributed by atoms with van der Waals surface area (Å²) in [6.45, 7) is 2.73. The molecule has 0 bridgehead atoms. The summed E-state index contributed by atoms with van der Waals surface area (Å²) >= 11 is 0. The first-order valence-electron chi connectivity index (χ1n) is 7.09. The minimum absolute atomic E-state index is 0.566. The average molecular weight is 270 g/mol. The molecule has 106 valence electrons. The van der Waals surface area contributed by atoms with Gasteiger partial charge in [-0.05, 0) is 28.7 Å². The molecule has 20 heavy (non-hydrogen) atoms. The predicted octanol–water partition coefficient (Wildman–Crippen LogP) is 3.87. The molecule has 2 nitrogen and oxygen atoms in total. The third-order valence-corrected chi connectivity index (χ3v) is 3.38. The van der Waals surface area contributed by atoms with Crippen LogP contribution in [0.2, 0.25) is 0 Å². The summed E-state index contributed by atoms with van der Waals surface area (Å²) in [5, 5.41) is 10.5. The van der Waals surface area contributed by atoms with Crippen LogP contribution in [-0.4, -0.2) is 12.2 Å². The van der Waals surface area contributed by atoms with Gasteiger partial charge in [0, 0.05) is 7.11 Å². The Balaban J connectivity index is 2.23. The first kappa shape index (κ1) is 14.8. The lowest BCUT2D eigenvalue weighted by Crippen LogP contribution is -2.01. The van der Waals surface area contributed by atoms with Crippen molar-refractivity contribution in [3.05, 3.63) is 70.8 Å². The number of methoxy groups -OCH3 is 1. The van der Waals surface area contributed by atoms with Crippen molar-refractivity contribution < 1.29 is 9.84 Å². The van der Waals surface area contributed by atoms with E-state index in [0.29, 0.717) is 6.61 Å². The summed E-state index contributed by atoms with van der Waals surface area (Å²) < 4.78 is 5.14. The van der Waals surface area contributed by atoms with Crippen LogP contribution in [0.5, 0.6) is 0 Å². The van der Waals surface area contributed by atoms with Crippen molar-refractivity contribution in [1.82, 2.24) is 0 Å². The maximum Gasteiger partial charge on any atom is 0.104 e. The summed E-state index contributed by atoms with van der Waals surface area (Å²) in [6, 6.07) is 16.1. The Morgan fingerprint density at radius 3 is 2.20 bits per heavy atom. The van der Waals surface area contributed by atoms with Crippen LogP contribution in [0.15, 0.2) is 48.5 Å². The molecule has 2 rings (SSSR count). The van der Waals surface area contributed by atoms with Gasteiger partial charge in [0.1, 0.15) is 6.10 Å². The summed E-state index contributed by atoms with van der Waals surface area (Å²) in [5.41, 5.74) is 4.21. The quantitative estimate of drug-likeness (QED) is 0.863. The zero-order chi connectivity index (χ0) is 14.4. The van der Waals surface area contributed by atoms with E-state index in [9.17, 15) is 5.11 Å². The highest BCUT2D eigenvalue weighted by molar-refractivity contribution is 5.34. The third kappa shape index (κ3) is 3.69. The highest BCUT2D eigenvalue weighted by atomic mass is 16.5. The van der Waals surface area contributed by atoms with Crippen molar-refractivity contribution in [2.45, 2.75) is 32.5 Å². The lowest BCUT2D eigenvalue weighted by Gasteiger charge is -2.14. The number of aliphatic hydroxyl groups is 1. The van der Waals surface area contributed by atoms with Gasteiger partial charge in [0.15, 0.2) is 0 Å². The van der Waals surface area contributed by atoms with Crippen LogP contribution < -0.4 is 0 Å². The van der Waals surface area contributed by atoms with Crippen molar-refractivity contribution in [2.75, 3.05) is 7.11 Å². The maximum atomic E-state index is 10.5. The normalized spacial score (nSPS) is 12.3. The molecule has 0 saturated heterocycles. The molecule has 2 aromatic carbocycles. The average Bonchev–Trinajstić information content (AvgIpc) is 2.48. The summed E-state index contributed by atoms with van der Waals surface area (Å²) in [5.74, 6) is 0. The topological polar surface area (TPSA) is 29.5 Å². The monoisotopic (exact) mass is 270 g/mol. The molecule has 2 aromatic rings. The second kappa shape index (κ2) is 7.22. The molecule has 2 heteroatoms. The zero-order valence-electron chi connectivity index (χ0n) is 12.2. The van der Waals surface area contributed by atoms with Gasteiger partial charge >= 0.3 is 0 Å². The van der Waals surface area contributed by atoms with Crippen LogP contribution >= 0.6 is 0 Å². The highest BCUT2D eigenvalue weighted by Crippen LogP contribution is 2.24. The number of rotatable bonds is 6. The molecule has 1 atom stereocenters. The second-order valence-electron chi connectivity index (χ2n) is 5.08. The van der Waals surface area contributed by atoms with E-state index in [-0.39, 0.29) is 0 Å². The Morgan fingerprint density at radius 1 is 1.00 bits per heavy atom. The number of hydrogen-bond donors (Lipinski definition) is 1. The molecule has 1 N–H and O–H groups in total. The van der Waals surface area contributed by atoms with Crippen molar-refractivity contribution in [3.63, 3.8) is 0 Å². The number of benzene rings is 2. The van der Waals surface area contributed by atoms with Gasteiger partial charge in [-0.2, -0.15) is 0 Å². The summed E-state index contributed by atoms with van der Waals surface area (Å²) in [4.78, 5) is 0. The molecular formula is C18H22O2. The molecule has 0 saturated carbocycles. The Kier molecular flexibility index (Phi) is 5.33. The molecule has 0 heterocycles. The molecule has 0 fully saturated rings. The number of aryl methyl sites for hydroxylation is 1. The maximum absolute atomic E-state index is 10.5. The van der Waals surface area contributed by atoms with Gasteiger partial charge in [-0.25, -0.2) is 0 Å². The van der Waals surface area contributed by atoms with E-state index in [1.807, 2.05) is 36.4 Å². The largest absolute Gasteiger partial charge is 0.384 e. The Labute approximate surface area is 121 Å². The first-order chi connectivity index (χ1) is 9.74. The first-order valence-corrected chi connectivity index (χ1v) is 7.09. The van der Waals surface area contributed by atoms with Gasteiger partial charge in [0.05, 0.1) is 6.61 Å². The van der Waals surface area contributed by atoms with Gasteiger partial charge in [-0.3, -0.25) is 0 Å². The Morgan fingerprint density at radius 2 is 1.60 bits per heavy atom. The van der Waals surface area contributed by atoms with Crippen molar-refractivity contribution in [3.8, 4) is 0 Å². The smallest absolute Gasteiger partial charge is 0.104 e. The molecule has 0 radical (unpaired) electrons. The van der Waals surface area contributed by atoms with Gasteiger partial charge in [0.25, 0.3) is 0 Å². The molecule has 0 aliphatic carbocycles. The van der Waals surface area contributed by atoms with Crippen LogP contribution in [-0.2, 0) is 17.8 Å².